The van der Waals surface area contributed by atoms with Crippen molar-refractivity contribution in [1.29, 1.82) is 0 Å². The fourth-order valence-corrected chi connectivity index (χ4v) is 3.94. The minimum atomic E-state index is -3.33. The molecule has 1 aliphatic rings. The van der Waals surface area contributed by atoms with E-state index in [1.807, 2.05) is 12.1 Å². The van der Waals surface area contributed by atoms with Crippen LogP contribution in [-0.4, -0.2) is 23.6 Å². The Balaban J connectivity index is 1.86. The van der Waals surface area contributed by atoms with Gasteiger partial charge in [0.25, 0.3) is 0 Å². The Labute approximate surface area is 137 Å². The molecular weight excluding hydrogens is 310 g/mol. The van der Waals surface area contributed by atoms with Crippen LogP contribution in [0.1, 0.15) is 58.2 Å². The van der Waals surface area contributed by atoms with Crippen LogP contribution in [0, 0.1) is 5.92 Å². The number of hydrogen-bond donors (Lipinski definition) is 2. The Hall–Kier alpha value is -1.56. The highest BCUT2D eigenvalue weighted by atomic mass is 32.2. The summed E-state index contributed by atoms with van der Waals surface area (Å²) >= 11 is 0. The third-order valence-corrected chi connectivity index (χ3v) is 6.47. The summed E-state index contributed by atoms with van der Waals surface area (Å²) in [5.74, 6) is 2.27. The number of nitrogens with zero attached hydrogens (tertiary/aromatic N) is 1. The highest BCUT2D eigenvalue weighted by molar-refractivity contribution is 7.93. The first-order valence-corrected chi connectivity index (χ1v) is 9.91. The van der Waals surface area contributed by atoms with Gasteiger partial charge in [0.2, 0.25) is 10.0 Å². The average Bonchev–Trinajstić information content (AvgIpc) is 2.90. The van der Waals surface area contributed by atoms with Crippen molar-refractivity contribution in [3.63, 3.8) is 0 Å². The number of sulfonamides is 1. The lowest BCUT2D eigenvalue weighted by Crippen LogP contribution is -2.22. The standard InChI is InChI=1S/C17H25N3O2S/c1-11(2)23(21,22)20-14-7-8-15-16(10-14)19-17(18-15)13-6-4-5-12(3)9-13/h7-8,10-13,20H,4-6,9H2,1-3H3,(H,18,19). The Bertz CT molecular complexity index is 795. The van der Waals surface area contributed by atoms with Crippen LogP contribution in [-0.2, 0) is 10.0 Å². The Morgan fingerprint density at radius 2 is 2.09 bits per heavy atom. The minimum Gasteiger partial charge on any atom is -0.342 e. The van der Waals surface area contributed by atoms with Crippen LogP contribution >= 0.6 is 0 Å². The molecule has 2 aromatic rings. The van der Waals surface area contributed by atoms with E-state index in [-0.39, 0.29) is 0 Å². The normalized spacial score (nSPS) is 22.6. The lowest BCUT2D eigenvalue weighted by atomic mass is 9.82. The topological polar surface area (TPSA) is 74.8 Å². The molecule has 1 aromatic carbocycles. The number of H-pyrrole nitrogens is 1. The summed E-state index contributed by atoms with van der Waals surface area (Å²) in [6, 6.07) is 5.48. The van der Waals surface area contributed by atoms with Crippen LogP contribution in [0.3, 0.4) is 0 Å². The van der Waals surface area contributed by atoms with Crippen LogP contribution in [0.15, 0.2) is 18.2 Å². The zero-order chi connectivity index (χ0) is 16.6. The number of aromatic nitrogens is 2. The molecule has 126 valence electrons. The summed E-state index contributed by atoms with van der Waals surface area (Å²) in [4.78, 5) is 8.11. The molecule has 6 heteroatoms. The smallest absolute Gasteiger partial charge is 0.235 e. The van der Waals surface area contributed by atoms with Crippen molar-refractivity contribution < 1.29 is 8.42 Å². The molecule has 0 amide bonds. The summed E-state index contributed by atoms with van der Waals surface area (Å²) in [6.45, 7) is 5.63. The van der Waals surface area contributed by atoms with Gasteiger partial charge in [-0.3, -0.25) is 4.72 Å². The molecule has 3 rings (SSSR count). The summed E-state index contributed by atoms with van der Waals surface area (Å²) in [5, 5.41) is -0.459. The van der Waals surface area contributed by atoms with Crippen molar-refractivity contribution in [3.05, 3.63) is 24.0 Å². The maximum Gasteiger partial charge on any atom is 0.235 e. The second-order valence-electron chi connectivity index (χ2n) is 7.02. The van der Waals surface area contributed by atoms with Gasteiger partial charge in [-0.05, 0) is 50.8 Å². The van der Waals surface area contributed by atoms with Gasteiger partial charge in [-0.2, -0.15) is 0 Å². The van der Waals surface area contributed by atoms with Crippen molar-refractivity contribution >= 4 is 26.7 Å². The number of rotatable bonds is 4. The molecule has 2 atom stereocenters. The van der Waals surface area contributed by atoms with Crippen molar-refractivity contribution in [3.8, 4) is 0 Å². The van der Waals surface area contributed by atoms with E-state index in [4.69, 9.17) is 4.98 Å². The predicted molar refractivity (Wildman–Crippen MR) is 94.1 cm³/mol. The molecule has 1 fully saturated rings. The number of hydrogen-bond acceptors (Lipinski definition) is 3. The number of nitrogens with one attached hydrogen (secondary N) is 2. The van der Waals surface area contributed by atoms with Crippen LogP contribution < -0.4 is 4.72 Å². The van der Waals surface area contributed by atoms with Crippen LogP contribution in [0.4, 0.5) is 5.69 Å². The quantitative estimate of drug-likeness (QED) is 0.886. The zero-order valence-corrected chi connectivity index (χ0v) is 14.8. The zero-order valence-electron chi connectivity index (χ0n) is 14.0. The monoisotopic (exact) mass is 335 g/mol. The van der Waals surface area contributed by atoms with E-state index in [1.54, 1.807) is 19.9 Å². The third kappa shape index (κ3) is 3.52. The molecule has 0 aliphatic heterocycles. The molecule has 1 saturated carbocycles. The van der Waals surface area contributed by atoms with E-state index in [9.17, 15) is 8.42 Å². The van der Waals surface area contributed by atoms with Gasteiger partial charge in [0.05, 0.1) is 22.0 Å². The molecule has 0 bridgehead atoms. The fraction of sp³-hybridized carbons (Fsp3) is 0.588. The van der Waals surface area contributed by atoms with Gasteiger partial charge in [-0.25, -0.2) is 13.4 Å². The van der Waals surface area contributed by atoms with Crippen molar-refractivity contribution in [2.75, 3.05) is 4.72 Å². The first-order valence-electron chi connectivity index (χ1n) is 8.36. The average molecular weight is 335 g/mol. The Kier molecular flexibility index (Phi) is 4.36. The molecule has 0 saturated heterocycles. The lowest BCUT2D eigenvalue weighted by molar-refractivity contribution is 0.337. The van der Waals surface area contributed by atoms with Gasteiger partial charge in [0.1, 0.15) is 5.82 Å². The van der Waals surface area contributed by atoms with Gasteiger partial charge >= 0.3 is 0 Å². The van der Waals surface area contributed by atoms with E-state index < -0.39 is 15.3 Å². The maximum atomic E-state index is 12.0. The van der Waals surface area contributed by atoms with Crippen LogP contribution in [0.5, 0.6) is 0 Å². The number of fused-ring (bicyclic) bond motifs is 1. The highest BCUT2D eigenvalue weighted by Gasteiger charge is 2.23. The first-order chi connectivity index (χ1) is 10.8. The summed E-state index contributed by atoms with van der Waals surface area (Å²) in [5.41, 5.74) is 2.37. The molecule has 2 N–H and O–H groups in total. The van der Waals surface area contributed by atoms with Crippen LogP contribution in [0.25, 0.3) is 11.0 Å². The Morgan fingerprint density at radius 1 is 1.30 bits per heavy atom. The number of benzene rings is 1. The number of anilines is 1. The first kappa shape index (κ1) is 16.3. The van der Waals surface area contributed by atoms with Crippen molar-refractivity contribution in [2.24, 2.45) is 5.92 Å². The molecule has 2 unspecified atom stereocenters. The predicted octanol–water partition coefficient (Wildman–Crippen LogP) is 4.01. The highest BCUT2D eigenvalue weighted by Crippen LogP contribution is 2.35. The van der Waals surface area contributed by atoms with Gasteiger partial charge in [0.15, 0.2) is 0 Å². The fourth-order valence-electron chi connectivity index (χ4n) is 3.25. The van der Waals surface area contributed by atoms with Gasteiger partial charge in [-0.15, -0.1) is 0 Å². The minimum absolute atomic E-state index is 0.459. The molecule has 1 aliphatic carbocycles. The van der Waals surface area contributed by atoms with Gasteiger partial charge in [-0.1, -0.05) is 19.8 Å². The van der Waals surface area contributed by atoms with E-state index >= 15 is 0 Å². The van der Waals surface area contributed by atoms with E-state index in [0.717, 1.165) is 22.8 Å². The molecule has 1 heterocycles. The van der Waals surface area contributed by atoms with E-state index in [2.05, 4.69) is 16.6 Å². The summed E-state index contributed by atoms with van der Waals surface area (Å²) in [6.07, 6.45) is 4.91. The third-order valence-electron chi connectivity index (χ3n) is 4.70. The largest absolute Gasteiger partial charge is 0.342 e. The molecule has 23 heavy (non-hydrogen) atoms. The molecular formula is C17H25N3O2S. The van der Waals surface area contributed by atoms with Crippen LogP contribution in [0.2, 0.25) is 0 Å². The maximum absolute atomic E-state index is 12.0. The molecule has 1 aromatic heterocycles. The number of aromatic amines is 1. The second-order valence-corrected chi connectivity index (χ2v) is 9.26. The van der Waals surface area contributed by atoms with Crippen molar-refractivity contribution in [2.45, 2.75) is 57.6 Å². The molecule has 0 spiro atoms. The lowest BCUT2D eigenvalue weighted by Gasteiger charge is -2.24. The van der Waals surface area contributed by atoms with E-state index in [1.165, 1.54) is 25.7 Å². The SMILES string of the molecule is CC1CCCC(c2nc3ccc(NS(=O)(=O)C(C)C)cc3[nH]2)C1. The molecule has 5 nitrogen and oxygen atoms in total. The van der Waals surface area contributed by atoms with Crippen molar-refractivity contribution in [1.82, 2.24) is 9.97 Å². The number of imidazole rings is 1. The second kappa shape index (κ2) is 6.15. The van der Waals surface area contributed by atoms with E-state index in [0.29, 0.717) is 11.6 Å². The summed E-state index contributed by atoms with van der Waals surface area (Å²) < 4.78 is 26.6. The molecule has 0 radical (unpaired) electrons. The van der Waals surface area contributed by atoms with Gasteiger partial charge < -0.3 is 4.98 Å². The Morgan fingerprint density at radius 3 is 2.78 bits per heavy atom. The van der Waals surface area contributed by atoms with Gasteiger partial charge in [0, 0.05) is 5.92 Å². The summed E-state index contributed by atoms with van der Waals surface area (Å²) in [7, 11) is -3.33.